The molecule has 0 atom stereocenters. The first kappa shape index (κ1) is 11.6. The Kier molecular flexibility index (Phi) is 3.99. The van der Waals surface area contributed by atoms with Gasteiger partial charge in [-0.1, -0.05) is 6.42 Å². The molecule has 1 heterocycles. The molecule has 0 unspecified atom stereocenters. The number of aromatic nitrogens is 2. The molecule has 0 spiro atoms. The van der Waals surface area contributed by atoms with E-state index in [0.29, 0.717) is 0 Å². The average Bonchev–Trinajstić information content (AvgIpc) is 2.60. The predicted molar refractivity (Wildman–Crippen MR) is 66.7 cm³/mol. The molecule has 1 saturated carbocycles. The molecule has 0 radical (unpaired) electrons. The van der Waals surface area contributed by atoms with E-state index >= 15 is 0 Å². The third kappa shape index (κ3) is 2.29. The van der Waals surface area contributed by atoms with Gasteiger partial charge in [-0.25, -0.2) is 0 Å². The summed E-state index contributed by atoms with van der Waals surface area (Å²) in [4.78, 5) is 0. The van der Waals surface area contributed by atoms with E-state index in [1.165, 1.54) is 43.4 Å². The highest BCUT2D eigenvalue weighted by molar-refractivity contribution is 5.24. The van der Waals surface area contributed by atoms with Gasteiger partial charge in [0.1, 0.15) is 0 Å². The van der Waals surface area contributed by atoms with E-state index in [1.54, 1.807) is 0 Å². The van der Waals surface area contributed by atoms with Gasteiger partial charge in [-0.05, 0) is 51.8 Å². The Hall–Kier alpha value is -0.830. The molecule has 0 aromatic carbocycles. The van der Waals surface area contributed by atoms with Gasteiger partial charge in [0.2, 0.25) is 0 Å². The van der Waals surface area contributed by atoms with E-state index in [-0.39, 0.29) is 0 Å². The summed E-state index contributed by atoms with van der Waals surface area (Å²) in [7, 11) is 2.02. The van der Waals surface area contributed by atoms with Crippen LogP contribution in [0.2, 0.25) is 0 Å². The Labute approximate surface area is 98.2 Å². The summed E-state index contributed by atoms with van der Waals surface area (Å²) < 4.78 is 2.21. The van der Waals surface area contributed by atoms with Crippen LogP contribution in [0.25, 0.3) is 0 Å². The minimum Gasteiger partial charge on any atom is -0.320 e. The van der Waals surface area contributed by atoms with Crippen molar-refractivity contribution in [3.63, 3.8) is 0 Å². The zero-order valence-electron chi connectivity index (χ0n) is 10.5. The van der Waals surface area contributed by atoms with Crippen molar-refractivity contribution in [2.24, 2.45) is 0 Å². The van der Waals surface area contributed by atoms with Crippen LogP contribution >= 0.6 is 0 Å². The monoisotopic (exact) mass is 221 g/mol. The van der Waals surface area contributed by atoms with Gasteiger partial charge < -0.3 is 5.32 Å². The van der Waals surface area contributed by atoms with Crippen molar-refractivity contribution in [1.29, 1.82) is 0 Å². The maximum Gasteiger partial charge on any atom is 0.0524 e. The third-order valence-electron chi connectivity index (χ3n) is 3.62. The van der Waals surface area contributed by atoms with Crippen LogP contribution in [0.4, 0.5) is 0 Å². The summed E-state index contributed by atoms with van der Waals surface area (Å²) in [5.74, 6) is 0.798. The molecular weight excluding hydrogens is 198 g/mol. The van der Waals surface area contributed by atoms with Crippen LogP contribution < -0.4 is 5.32 Å². The molecule has 1 fully saturated rings. The molecule has 0 amide bonds. The fraction of sp³-hybridized carbons (Fsp3) is 0.769. The van der Waals surface area contributed by atoms with E-state index in [9.17, 15) is 0 Å². The maximum absolute atomic E-state index is 4.51. The lowest BCUT2D eigenvalue weighted by molar-refractivity contribution is 0.388. The summed E-state index contributed by atoms with van der Waals surface area (Å²) in [5, 5.41) is 7.72. The van der Waals surface area contributed by atoms with Gasteiger partial charge in [0.05, 0.1) is 6.20 Å². The highest BCUT2D eigenvalue weighted by Gasteiger charge is 2.25. The highest BCUT2D eigenvalue weighted by atomic mass is 15.3. The molecule has 3 nitrogen and oxygen atoms in total. The molecular formula is C13H23N3. The Bertz CT molecular complexity index is 326. The zero-order chi connectivity index (χ0) is 11.4. The molecule has 0 saturated heterocycles. The van der Waals surface area contributed by atoms with Crippen molar-refractivity contribution < 1.29 is 0 Å². The number of aryl methyl sites for hydroxylation is 2. The van der Waals surface area contributed by atoms with Crippen LogP contribution in [-0.2, 0) is 13.0 Å². The average molecular weight is 221 g/mol. The topological polar surface area (TPSA) is 29.9 Å². The van der Waals surface area contributed by atoms with Gasteiger partial charge >= 0.3 is 0 Å². The third-order valence-corrected chi connectivity index (χ3v) is 3.62. The quantitative estimate of drug-likeness (QED) is 0.747. The van der Waals surface area contributed by atoms with E-state index in [4.69, 9.17) is 0 Å². The lowest BCUT2D eigenvalue weighted by Crippen LogP contribution is -2.17. The second kappa shape index (κ2) is 5.48. The molecule has 0 bridgehead atoms. The standard InChI is InChI=1S/C13H23N3/c1-3-16-13(11-6-4-7-11)12(10-15-16)8-5-9-14-2/h10-11,14H,3-9H2,1-2H3. The normalized spacial score (nSPS) is 16.4. The first-order valence-electron chi connectivity index (χ1n) is 6.56. The lowest BCUT2D eigenvalue weighted by atomic mass is 9.81. The molecule has 1 N–H and O–H groups in total. The van der Waals surface area contributed by atoms with Gasteiger partial charge in [0.25, 0.3) is 0 Å². The number of hydrogen-bond donors (Lipinski definition) is 1. The second-order valence-electron chi connectivity index (χ2n) is 4.71. The molecule has 2 rings (SSSR count). The maximum atomic E-state index is 4.51. The zero-order valence-corrected chi connectivity index (χ0v) is 10.5. The molecule has 3 heteroatoms. The summed E-state index contributed by atoms with van der Waals surface area (Å²) in [6, 6.07) is 0. The second-order valence-corrected chi connectivity index (χ2v) is 4.71. The first-order valence-corrected chi connectivity index (χ1v) is 6.56. The van der Waals surface area contributed by atoms with Crippen LogP contribution in [-0.4, -0.2) is 23.4 Å². The Morgan fingerprint density at radius 1 is 1.50 bits per heavy atom. The van der Waals surface area contributed by atoms with Crippen LogP contribution in [0.3, 0.4) is 0 Å². The summed E-state index contributed by atoms with van der Waals surface area (Å²) >= 11 is 0. The van der Waals surface area contributed by atoms with Crippen molar-refractivity contribution in [2.45, 2.75) is 51.5 Å². The highest BCUT2D eigenvalue weighted by Crippen LogP contribution is 2.38. The Morgan fingerprint density at radius 2 is 2.31 bits per heavy atom. The number of nitrogens with one attached hydrogen (secondary N) is 1. The SMILES string of the molecule is CCn1ncc(CCCNC)c1C1CCC1. The van der Waals surface area contributed by atoms with Gasteiger partial charge in [-0.3, -0.25) is 4.68 Å². The largest absolute Gasteiger partial charge is 0.320 e. The number of nitrogens with zero attached hydrogens (tertiary/aromatic N) is 2. The predicted octanol–water partition coefficient (Wildman–Crippen LogP) is 2.32. The fourth-order valence-electron chi connectivity index (χ4n) is 2.49. The van der Waals surface area contributed by atoms with Gasteiger partial charge in [0, 0.05) is 18.2 Å². The molecule has 1 aliphatic carbocycles. The summed E-state index contributed by atoms with van der Waals surface area (Å²) in [6.07, 6.45) is 8.61. The number of hydrogen-bond acceptors (Lipinski definition) is 2. The minimum atomic E-state index is 0.798. The molecule has 16 heavy (non-hydrogen) atoms. The Morgan fingerprint density at radius 3 is 2.88 bits per heavy atom. The molecule has 1 aliphatic rings. The van der Waals surface area contributed by atoms with Crippen LogP contribution in [0, 0.1) is 0 Å². The van der Waals surface area contributed by atoms with Crippen molar-refractivity contribution in [2.75, 3.05) is 13.6 Å². The van der Waals surface area contributed by atoms with Gasteiger partial charge in [0.15, 0.2) is 0 Å². The van der Waals surface area contributed by atoms with Gasteiger partial charge in [-0.15, -0.1) is 0 Å². The van der Waals surface area contributed by atoms with Gasteiger partial charge in [-0.2, -0.15) is 5.10 Å². The van der Waals surface area contributed by atoms with Crippen molar-refractivity contribution in [1.82, 2.24) is 15.1 Å². The Balaban J connectivity index is 2.07. The molecule has 0 aliphatic heterocycles. The molecule has 90 valence electrons. The van der Waals surface area contributed by atoms with Crippen molar-refractivity contribution in [3.05, 3.63) is 17.5 Å². The van der Waals surface area contributed by atoms with Crippen LogP contribution in [0.15, 0.2) is 6.20 Å². The first-order chi connectivity index (χ1) is 7.86. The number of rotatable bonds is 6. The van der Waals surface area contributed by atoms with E-state index in [1.807, 2.05) is 7.05 Å². The van der Waals surface area contributed by atoms with Crippen molar-refractivity contribution >= 4 is 0 Å². The summed E-state index contributed by atoms with van der Waals surface area (Å²) in [5.41, 5.74) is 3.02. The molecule has 1 aromatic rings. The van der Waals surface area contributed by atoms with Crippen molar-refractivity contribution in [3.8, 4) is 0 Å². The lowest BCUT2D eigenvalue weighted by Gasteiger charge is -2.27. The van der Waals surface area contributed by atoms with Crippen LogP contribution in [0.5, 0.6) is 0 Å². The smallest absolute Gasteiger partial charge is 0.0524 e. The minimum absolute atomic E-state index is 0.798. The fourth-order valence-corrected chi connectivity index (χ4v) is 2.49. The van der Waals surface area contributed by atoms with E-state index in [2.05, 4.69) is 28.2 Å². The van der Waals surface area contributed by atoms with E-state index in [0.717, 1.165) is 19.0 Å². The van der Waals surface area contributed by atoms with Crippen LogP contribution in [0.1, 0.15) is 49.8 Å². The van der Waals surface area contributed by atoms with E-state index < -0.39 is 0 Å². The summed E-state index contributed by atoms with van der Waals surface area (Å²) in [6.45, 7) is 4.30. The molecule has 1 aromatic heterocycles.